The highest BCUT2D eigenvalue weighted by molar-refractivity contribution is 5.79. The van der Waals surface area contributed by atoms with Gasteiger partial charge in [0.2, 0.25) is 0 Å². The molecular weight excluding hydrogens is 326 g/mol. The second-order valence-electron chi connectivity index (χ2n) is 6.81. The number of hydrogen-bond acceptors (Lipinski definition) is 4. The standard InChI is InChI=1S/C20H35N5O/c1-5-24(3)15-12-22-20(21-2)23-16-19(25-13-6-7-14-25)17-8-10-18(26-4)11-9-17/h8-11,19H,5-7,12-16H2,1-4H3,(H2,21,22,23). The maximum absolute atomic E-state index is 5.30. The molecule has 1 aliphatic rings. The molecule has 1 aromatic rings. The molecule has 0 saturated carbocycles. The third-order valence-corrected chi connectivity index (χ3v) is 5.09. The van der Waals surface area contributed by atoms with E-state index in [0.717, 1.165) is 51.0 Å². The molecule has 2 N–H and O–H groups in total. The number of ether oxygens (including phenoxy) is 1. The van der Waals surface area contributed by atoms with Gasteiger partial charge in [-0.3, -0.25) is 9.89 Å². The summed E-state index contributed by atoms with van der Waals surface area (Å²) in [7, 11) is 5.67. The van der Waals surface area contributed by atoms with Crippen molar-refractivity contribution >= 4 is 5.96 Å². The molecule has 1 atom stereocenters. The molecule has 6 nitrogen and oxygen atoms in total. The monoisotopic (exact) mass is 361 g/mol. The Morgan fingerprint density at radius 2 is 1.92 bits per heavy atom. The number of nitrogens with zero attached hydrogens (tertiary/aromatic N) is 3. The summed E-state index contributed by atoms with van der Waals surface area (Å²) in [6.45, 7) is 8.28. The van der Waals surface area contributed by atoms with Crippen LogP contribution in [0.1, 0.15) is 31.4 Å². The molecule has 0 amide bonds. The fourth-order valence-electron chi connectivity index (χ4n) is 3.27. The van der Waals surface area contributed by atoms with Crippen LogP contribution in [-0.2, 0) is 0 Å². The fourth-order valence-corrected chi connectivity index (χ4v) is 3.27. The number of likely N-dealkylation sites (N-methyl/N-ethyl adjacent to an activating group) is 1. The Morgan fingerprint density at radius 3 is 2.50 bits per heavy atom. The number of nitrogens with one attached hydrogen (secondary N) is 2. The zero-order valence-corrected chi connectivity index (χ0v) is 16.8. The van der Waals surface area contributed by atoms with Crippen LogP contribution in [0.4, 0.5) is 0 Å². The Labute approximate surface area is 158 Å². The van der Waals surface area contributed by atoms with E-state index < -0.39 is 0 Å². The van der Waals surface area contributed by atoms with Crippen LogP contribution in [0.5, 0.6) is 5.75 Å². The summed E-state index contributed by atoms with van der Waals surface area (Å²) in [5, 5.41) is 6.92. The van der Waals surface area contributed by atoms with Crippen LogP contribution in [-0.4, -0.2) is 76.2 Å². The summed E-state index contributed by atoms with van der Waals surface area (Å²) >= 11 is 0. The maximum Gasteiger partial charge on any atom is 0.191 e. The second kappa shape index (κ2) is 11.0. The highest BCUT2D eigenvalue weighted by Crippen LogP contribution is 2.26. The van der Waals surface area contributed by atoms with E-state index in [1.807, 2.05) is 19.2 Å². The largest absolute Gasteiger partial charge is 0.497 e. The lowest BCUT2D eigenvalue weighted by Crippen LogP contribution is -2.44. The average Bonchev–Trinajstić information content (AvgIpc) is 3.21. The van der Waals surface area contributed by atoms with E-state index in [4.69, 9.17) is 4.74 Å². The molecule has 26 heavy (non-hydrogen) atoms. The van der Waals surface area contributed by atoms with Crippen LogP contribution in [0.25, 0.3) is 0 Å². The SMILES string of the molecule is CCN(C)CCNC(=NC)NCC(c1ccc(OC)cc1)N1CCCC1. The van der Waals surface area contributed by atoms with Gasteiger partial charge < -0.3 is 20.3 Å². The molecule has 0 aromatic heterocycles. The van der Waals surface area contributed by atoms with Gasteiger partial charge in [0.1, 0.15) is 5.75 Å². The molecule has 6 heteroatoms. The zero-order chi connectivity index (χ0) is 18.8. The molecule has 1 aromatic carbocycles. The van der Waals surface area contributed by atoms with Crippen LogP contribution in [0, 0.1) is 0 Å². The van der Waals surface area contributed by atoms with Gasteiger partial charge in [0, 0.05) is 26.7 Å². The van der Waals surface area contributed by atoms with Crippen LogP contribution < -0.4 is 15.4 Å². The number of rotatable bonds is 9. The van der Waals surface area contributed by atoms with Crippen molar-refractivity contribution in [3.8, 4) is 5.75 Å². The number of benzene rings is 1. The van der Waals surface area contributed by atoms with Crippen molar-refractivity contribution in [1.82, 2.24) is 20.4 Å². The van der Waals surface area contributed by atoms with E-state index in [2.05, 4.69) is 51.5 Å². The van der Waals surface area contributed by atoms with Crippen LogP contribution >= 0.6 is 0 Å². The second-order valence-corrected chi connectivity index (χ2v) is 6.81. The van der Waals surface area contributed by atoms with Crippen molar-refractivity contribution in [2.75, 3.05) is 60.5 Å². The van der Waals surface area contributed by atoms with Gasteiger partial charge in [-0.1, -0.05) is 19.1 Å². The van der Waals surface area contributed by atoms with Gasteiger partial charge in [-0.05, 0) is 57.2 Å². The summed E-state index contributed by atoms with van der Waals surface area (Å²) in [6.07, 6.45) is 2.56. The first-order valence-corrected chi connectivity index (χ1v) is 9.69. The van der Waals surface area contributed by atoms with Crippen LogP contribution in [0.2, 0.25) is 0 Å². The minimum atomic E-state index is 0.347. The quantitative estimate of drug-likeness (QED) is 0.520. The Morgan fingerprint density at radius 1 is 1.23 bits per heavy atom. The van der Waals surface area contributed by atoms with Gasteiger partial charge in [-0.2, -0.15) is 0 Å². The number of likely N-dealkylation sites (tertiary alicyclic amines) is 1. The Kier molecular flexibility index (Phi) is 8.71. The van der Waals surface area contributed by atoms with E-state index in [1.54, 1.807) is 7.11 Å². The van der Waals surface area contributed by atoms with Crippen molar-refractivity contribution in [2.24, 2.45) is 4.99 Å². The van der Waals surface area contributed by atoms with E-state index in [1.165, 1.54) is 18.4 Å². The predicted molar refractivity (Wildman–Crippen MR) is 109 cm³/mol. The van der Waals surface area contributed by atoms with E-state index >= 15 is 0 Å². The van der Waals surface area contributed by atoms with E-state index in [9.17, 15) is 0 Å². The lowest BCUT2D eigenvalue weighted by atomic mass is 10.1. The molecule has 0 radical (unpaired) electrons. The van der Waals surface area contributed by atoms with Crippen molar-refractivity contribution in [3.63, 3.8) is 0 Å². The molecule has 1 saturated heterocycles. The first kappa shape index (κ1) is 20.5. The first-order valence-electron chi connectivity index (χ1n) is 9.69. The van der Waals surface area contributed by atoms with Crippen molar-refractivity contribution in [3.05, 3.63) is 29.8 Å². The molecule has 1 fully saturated rings. The molecule has 0 aliphatic carbocycles. The third kappa shape index (κ3) is 6.18. The van der Waals surface area contributed by atoms with Crippen LogP contribution in [0.3, 0.4) is 0 Å². The third-order valence-electron chi connectivity index (χ3n) is 5.09. The Balaban J connectivity index is 1.95. The normalized spacial score (nSPS) is 16.7. The summed E-state index contributed by atoms with van der Waals surface area (Å²) in [4.78, 5) is 9.21. The summed E-state index contributed by atoms with van der Waals surface area (Å²) < 4.78 is 5.30. The summed E-state index contributed by atoms with van der Waals surface area (Å²) in [5.41, 5.74) is 1.32. The maximum atomic E-state index is 5.30. The number of hydrogen-bond donors (Lipinski definition) is 2. The molecule has 0 bridgehead atoms. The van der Waals surface area contributed by atoms with Crippen molar-refractivity contribution < 1.29 is 4.74 Å². The minimum Gasteiger partial charge on any atom is -0.497 e. The molecule has 1 heterocycles. The lowest BCUT2D eigenvalue weighted by Gasteiger charge is -2.29. The lowest BCUT2D eigenvalue weighted by molar-refractivity contribution is 0.245. The van der Waals surface area contributed by atoms with Gasteiger partial charge in [-0.15, -0.1) is 0 Å². The topological polar surface area (TPSA) is 52.1 Å². The number of guanidine groups is 1. The molecule has 146 valence electrons. The van der Waals surface area contributed by atoms with E-state index in [-0.39, 0.29) is 0 Å². The number of aliphatic imine (C=N–C) groups is 1. The van der Waals surface area contributed by atoms with Crippen LogP contribution in [0.15, 0.2) is 29.3 Å². The van der Waals surface area contributed by atoms with E-state index in [0.29, 0.717) is 6.04 Å². The molecule has 2 rings (SSSR count). The molecular formula is C20H35N5O. The molecule has 0 spiro atoms. The van der Waals surface area contributed by atoms with Gasteiger partial charge in [0.05, 0.1) is 13.2 Å². The summed E-state index contributed by atoms with van der Waals surface area (Å²) in [6, 6.07) is 8.80. The van der Waals surface area contributed by atoms with Gasteiger partial charge in [0.25, 0.3) is 0 Å². The minimum absolute atomic E-state index is 0.347. The zero-order valence-electron chi connectivity index (χ0n) is 16.8. The Hall–Kier alpha value is -1.79. The highest BCUT2D eigenvalue weighted by atomic mass is 16.5. The fraction of sp³-hybridized carbons (Fsp3) is 0.650. The molecule has 1 unspecified atom stereocenters. The van der Waals surface area contributed by atoms with Gasteiger partial charge in [-0.25, -0.2) is 0 Å². The van der Waals surface area contributed by atoms with Crippen molar-refractivity contribution in [2.45, 2.75) is 25.8 Å². The number of methoxy groups -OCH3 is 1. The average molecular weight is 362 g/mol. The summed E-state index contributed by atoms with van der Waals surface area (Å²) in [5.74, 6) is 1.77. The highest BCUT2D eigenvalue weighted by Gasteiger charge is 2.23. The first-order chi connectivity index (χ1) is 12.7. The molecule has 1 aliphatic heterocycles. The smallest absolute Gasteiger partial charge is 0.191 e. The Bertz CT molecular complexity index is 540. The van der Waals surface area contributed by atoms with Crippen molar-refractivity contribution in [1.29, 1.82) is 0 Å². The van der Waals surface area contributed by atoms with Gasteiger partial charge >= 0.3 is 0 Å². The van der Waals surface area contributed by atoms with Gasteiger partial charge in [0.15, 0.2) is 5.96 Å². The predicted octanol–water partition coefficient (Wildman–Crippen LogP) is 1.95.